The number of benzene rings is 2. The third-order valence-corrected chi connectivity index (χ3v) is 4.34. The van der Waals surface area contributed by atoms with Gasteiger partial charge in [-0.15, -0.1) is 0 Å². The first-order valence-electron chi connectivity index (χ1n) is 8.24. The zero-order chi connectivity index (χ0) is 16.1. The third-order valence-electron chi connectivity index (χ3n) is 4.34. The standard InChI is InChI=1S/C19H23NO3/c1-22-17-8-6-15-7-9-18(13-16(15)12-17)23-14-19(21)20-10-4-2-3-5-11-20/h6-9,12-13H,2-5,10-11,14H2,1H3. The molecule has 3 rings (SSSR count). The fraction of sp³-hybridized carbons (Fsp3) is 0.421. The van der Waals surface area contributed by atoms with Crippen molar-refractivity contribution in [2.45, 2.75) is 25.7 Å². The molecular weight excluding hydrogens is 290 g/mol. The Kier molecular flexibility index (Phi) is 5.01. The molecule has 0 N–H and O–H groups in total. The van der Waals surface area contributed by atoms with E-state index < -0.39 is 0 Å². The summed E-state index contributed by atoms with van der Waals surface area (Å²) >= 11 is 0. The monoisotopic (exact) mass is 313 g/mol. The molecular formula is C19H23NO3. The summed E-state index contributed by atoms with van der Waals surface area (Å²) in [5.41, 5.74) is 0. The Labute approximate surface area is 137 Å². The van der Waals surface area contributed by atoms with Crippen LogP contribution in [-0.4, -0.2) is 37.6 Å². The van der Waals surface area contributed by atoms with E-state index >= 15 is 0 Å². The highest BCUT2D eigenvalue weighted by Crippen LogP contribution is 2.25. The van der Waals surface area contributed by atoms with Gasteiger partial charge in [-0.2, -0.15) is 0 Å². The van der Waals surface area contributed by atoms with Gasteiger partial charge in [0.05, 0.1) is 7.11 Å². The zero-order valence-electron chi connectivity index (χ0n) is 13.6. The third kappa shape index (κ3) is 3.95. The summed E-state index contributed by atoms with van der Waals surface area (Å²) in [4.78, 5) is 14.2. The van der Waals surface area contributed by atoms with Crippen molar-refractivity contribution in [2.75, 3.05) is 26.8 Å². The van der Waals surface area contributed by atoms with Gasteiger partial charge < -0.3 is 14.4 Å². The lowest BCUT2D eigenvalue weighted by molar-refractivity contribution is -0.133. The van der Waals surface area contributed by atoms with Crippen molar-refractivity contribution in [3.63, 3.8) is 0 Å². The number of rotatable bonds is 4. The van der Waals surface area contributed by atoms with E-state index in [2.05, 4.69) is 0 Å². The molecule has 1 aliphatic rings. The number of nitrogens with zero attached hydrogens (tertiary/aromatic N) is 1. The Morgan fingerprint density at radius 1 is 0.957 bits per heavy atom. The second-order valence-corrected chi connectivity index (χ2v) is 5.96. The number of carbonyl (C=O) groups is 1. The number of likely N-dealkylation sites (tertiary alicyclic amines) is 1. The molecule has 0 aliphatic carbocycles. The van der Waals surface area contributed by atoms with Crippen LogP contribution < -0.4 is 9.47 Å². The molecule has 23 heavy (non-hydrogen) atoms. The molecule has 2 aromatic rings. The van der Waals surface area contributed by atoms with Gasteiger partial charge in [-0.1, -0.05) is 25.0 Å². The maximum absolute atomic E-state index is 12.3. The molecule has 0 aromatic heterocycles. The molecule has 0 unspecified atom stereocenters. The predicted molar refractivity (Wildman–Crippen MR) is 91.0 cm³/mol. The lowest BCUT2D eigenvalue weighted by atomic mass is 10.1. The van der Waals surface area contributed by atoms with Crippen LogP contribution in [-0.2, 0) is 4.79 Å². The van der Waals surface area contributed by atoms with Gasteiger partial charge in [0.2, 0.25) is 0 Å². The molecule has 1 heterocycles. The van der Waals surface area contributed by atoms with E-state index in [4.69, 9.17) is 9.47 Å². The molecule has 1 fully saturated rings. The molecule has 2 aromatic carbocycles. The number of methoxy groups -OCH3 is 1. The number of fused-ring (bicyclic) bond motifs is 1. The first kappa shape index (κ1) is 15.7. The van der Waals surface area contributed by atoms with Crippen LogP contribution in [0.15, 0.2) is 36.4 Å². The summed E-state index contributed by atoms with van der Waals surface area (Å²) in [7, 11) is 1.65. The molecule has 0 spiro atoms. The quantitative estimate of drug-likeness (QED) is 0.865. The Hall–Kier alpha value is -2.23. The number of hydrogen-bond donors (Lipinski definition) is 0. The Morgan fingerprint density at radius 2 is 1.61 bits per heavy atom. The minimum Gasteiger partial charge on any atom is -0.497 e. The summed E-state index contributed by atoms with van der Waals surface area (Å²) in [5.74, 6) is 1.61. The van der Waals surface area contributed by atoms with E-state index in [1.54, 1.807) is 7.11 Å². The summed E-state index contributed by atoms with van der Waals surface area (Å²) in [6.07, 6.45) is 4.64. The topological polar surface area (TPSA) is 38.8 Å². The average molecular weight is 313 g/mol. The zero-order valence-corrected chi connectivity index (χ0v) is 13.6. The molecule has 4 nitrogen and oxygen atoms in total. The van der Waals surface area contributed by atoms with Crippen LogP contribution in [0.25, 0.3) is 10.8 Å². The van der Waals surface area contributed by atoms with Crippen LogP contribution in [0.3, 0.4) is 0 Å². The van der Waals surface area contributed by atoms with Gasteiger partial charge in [0.1, 0.15) is 11.5 Å². The van der Waals surface area contributed by atoms with Gasteiger partial charge in [-0.05, 0) is 47.9 Å². The number of amides is 1. The Bertz CT molecular complexity index is 675. The Balaban J connectivity index is 1.65. The lowest BCUT2D eigenvalue weighted by Gasteiger charge is -2.20. The minimum absolute atomic E-state index is 0.0811. The number of hydrogen-bond acceptors (Lipinski definition) is 3. The van der Waals surface area contributed by atoms with Crippen molar-refractivity contribution in [1.82, 2.24) is 4.90 Å². The molecule has 0 saturated carbocycles. The van der Waals surface area contributed by atoms with Crippen molar-refractivity contribution in [3.05, 3.63) is 36.4 Å². The van der Waals surface area contributed by atoms with Gasteiger partial charge in [0.15, 0.2) is 6.61 Å². The first-order chi connectivity index (χ1) is 11.3. The molecule has 122 valence electrons. The molecule has 4 heteroatoms. The van der Waals surface area contributed by atoms with Crippen molar-refractivity contribution >= 4 is 16.7 Å². The highest BCUT2D eigenvalue weighted by atomic mass is 16.5. The van der Waals surface area contributed by atoms with Crippen molar-refractivity contribution < 1.29 is 14.3 Å². The van der Waals surface area contributed by atoms with Crippen LogP contribution in [0.2, 0.25) is 0 Å². The van der Waals surface area contributed by atoms with Crippen molar-refractivity contribution in [2.24, 2.45) is 0 Å². The normalized spacial score (nSPS) is 15.3. The average Bonchev–Trinajstić information content (AvgIpc) is 2.88. The second-order valence-electron chi connectivity index (χ2n) is 5.96. The minimum atomic E-state index is 0.0811. The fourth-order valence-electron chi connectivity index (χ4n) is 2.98. The van der Waals surface area contributed by atoms with Gasteiger partial charge in [0.25, 0.3) is 5.91 Å². The second kappa shape index (κ2) is 7.36. The van der Waals surface area contributed by atoms with Crippen LogP contribution in [0, 0.1) is 0 Å². The van der Waals surface area contributed by atoms with E-state index in [9.17, 15) is 4.79 Å². The fourth-order valence-corrected chi connectivity index (χ4v) is 2.98. The largest absolute Gasteiger partial charge is 0.497 e. The smallest absolute Gasteiger partial charge is 0.260 e. The highest BCUT2D eigenvalue weighted by Gasteiger charge is 2.15. The summed E-state index contributed by atoms with van der Waals surface area (Å²) in [6.45, 7) is 1.82. The van der Waals surface area contributed by atoms with Crippen LogP contribution >= 0.6 is 0 Å². The predicted octanol–water partition coefficient (Wildman–Crippen LogP) is 3.63. The van der Waals surface area contributed by atoms with Gasteiger partial charge in [-0.3, -0.25) is 4.79 Å². The Morgan fingerprint density at radius 3 is 2.30 bits per heavy atom. The summed E-state index contributed by atoms with van der Waals surface area (Å²) < 4.78 is 11.0. The first-order valence-corrected chi connectivity index (χ1v) is 8.24. The van der Waals surface area contributed by atoms with Crippen LogP contribution in [0.4, 0.5) is 0 Å². The maximum Gasteiger partial charge on any atom is 0.260 e. The maximum atomic E-state index is 12.3. The molecule has 0 atom stereocenters. The molecule has 1 amide bonds. The van der Waals surface area contributed by atoms with E-state index in [1.165, 1.54) is 12.8 Å². The van der Waals surface area contributed by atoms with Gasteiger partial charge in [-0.25, -0.2) is 0 Å². The molecule has 1 saturated heterocycles. The summed E-state index contributed by atoms with van der Waals surface area (Å²) in [5, 5.41) is 2.17. The lowest BCUT2D eigenvalue weighted by Crippen LogP contribution is -2.35. The van der Waals surface area contributed by atoms with E-state index in [0.717, 1.165) is 42.5 Å². The van der Waals surface area contributed by atoms with Crippen molar-refractivity contribution in [3.8, 4) is 11.5 Å². The molecule has 0 bridgehead atoms. The van der Waals surface area contributed by atoms with E-state index in [1.807, 2.05) is 41.3 Å². The van der Waals surface area contributed by atoms with Crippen LogP contribution in [0.5, 0.6) is 11.5 Å². The van der Waals surface area contributed by atoms with E-state index in [0.29, 0.717) is 5.75 Å². The number of carbonyl (C=O) groups excluding carboxylic acids is 1. The highest BCUT2D eigenvalue weighted by molar-refractivity contribution is 5.85. The van der Waals surface area contributed by atoms with Crippen molar-refractivity contribution in [1.29, 1.82) is 0 Å². The van der Waals surface area contributed by atoms with Gasteiger partial charge in [0, 0.05) is 13.1 Å². The number of ether oxygens (including phenoxy) is 2. The van der Waals surface area contributed by atoms with Crippen LogP contribution in [0.1, 0.15) is 25.7 Å². The summed E-state index contributed by atoms with van der Waals surface area (Å²) in [6, 6.07) is 11.8. The van der Waals surface area contributed by atoms with E-state index in [-0.39, 0.29) is 12.5 Å². The molecule has 0 radical (unpaired) electrons. The SMILES string of the molecule is COc1ccc2ccc(OCC(=O)N3CCCCCC3)cc2c1. The van der Waals surface area contributed by atoms with Gasteiger partial charge >= 0.3 is 0 Å². The molecule has 1 aliphatic heterocycles.